The first-order valence-corrected chi connectivity index (χ1v) is 5.34. The zero-order valence-corrected chi connectivity index (χ0v) is 10.3. The molecule has 0 aromatic rings. The predicted molar refractivity (Wildman–Crippen MR) is 55.8 cm³/mol. The Morgan fingerprint density at radius 1 is 1.22 bits per heavy atom. The molecule has 0 bridgehead atoms. The molecule has 0 aromatic heterocycles. The van der Waals surface area contributed by atoms with Crippen molar-refractivity contribution in [1.82, 2.24) is 10.2 Å². The van der Waals surface area contributed by atoms with Gasteiger partial charge in [-0.2, -0.15) is 13.2 Å². The molecule has 1 aliphatic rings. The molecule has 104 valence electrons. The molecule has 1 N–H and O–H groups in total. The Hall–Kier alpha value is -1.47. The number of hydrogen-bond acceptors (Lipinski definition) is 3. The molecule has 0 radical (unpaired) electrons. The smallest absolute Gasteiger partial charge is 0.444 e. The van der Waals surface area contributed by atoms with E-state index < -0.39 is 29.8 Å². The zero-order valence-electron chi connectivity index (χ0n) is 10.3. The van der Waals surface area contributed by atoms with Crippen LogP contribution < -0.4 is 5.32 Å². The van der Waals surface area contributed by atoms with E-state index in [2.05, 4.69) is 0 Å². The molecule has 1 saturated heterocycles. The van der Waals surface area contributed by atoms with Gasteiger partial charge in [-0.1, -0.05) is 0 Å². The molecule has 18 heavy (non-hydrogen) atoms. The summed E-state index contributed by atoms with van der Waals surface area (Å²) in [5.41, 5.74) is -0.655. The Morgan fingerprint density at radius 2 is 1.72 bits per heavy atom. The third kappa shape index (κ3) is 4.08. The van der Waals surface area contributed by atoms with Crippen LogP contribution in [0.1, 0.15) is 20.8 Å². The van der Waals surface area contributed by atoms with Crippen molar-refractivity contribution in [3.63, 3.8) is 0 Å². The summed E-state index contributed by atoms with van der Waals surface area (Å²) < 4.78 is 40.8. The summed E-state index contributed by atoms with van der Waals surface area (Å²) in [4.78, 5) is 23.3. The van der Waals surface area contributed by atoms with Gasteiger partial charge in [0.25, 0.3) is 0 Å². The molecule has 0 unspecified atom stereocenters. The second-order valence-corrected chi connectivity index (χ2v) is 5.05. The van der Waals surface area contributed by atoms with Crippen molar-refractivity contribution in [2.75, 3.05) is 13.1 Å². The molecule has 1 rings (SSSR count). The largest absolute Gasteiger partial charge is 0.471 e. The van der Waals surface area contributed by atoms with Crippen molar-refractivity contribution in [3.8, 4) is 0 Å². The minimum atomic E-state index is -4.90. The maximum atomic E-state index is 11.9. The fourth-order valence-corrected chi connectivity index (χ4v) is 1.31. The zero-order chi connectivity index (χ0) is 14.1. The molecular weight excluding hydrogens is 253 g/mol. The maximum Gasteiger partial charge on any atom is 0.471 e. The normalized spacial score (nSPS) is 17.1. The summed E-state index contributed by atoms with van der Waals surface area (Å²) in [6.45, 7) is 5.11. The number of halogens is 3. The van der Waals surface area contributed by atoms with E-state index >= 15 is 0 Å². The molecule has 8 heteroatoms. The van der Waals surface area contributed by atoms with Gasteiger partial charge in [-0.3, -0.25) is 4.79 Å². The van der Waals surface area contributed by atoms with Crippen molar-refractivity contribution < 1.29 is 27.5 Å². The standard InChI is InChI=1S/C10H15F3N2O3/c1-9(2,3)18-8(17)15-4-6(5-15)14-7(16)10(11,12)13/h6H,4-5H2,1-3H3,(H,14,16). The second-order valence-electron chi connectivity index (χ2n) is 5.05. The number of hydrogen-bond donors (Lipinski definition) is 1. The van der Waals surface area contributed by atoms with Crippen LogP contribution in [0.15, 0.2) is 0 Å². The SMILES string of the molecule is CC(C)(C)OC(=O)N1CC(NC(=O)C(F)(F)F)C1. The van der Waals surface area contributed by atoms with E-state index in [4.69, 9.17) is 4.74 Å². The summed E-state index contributed by atoms with van der Waals surface area (Å²) in [5.74, 6) is -1.99. The third-order valence-electron chi connectivity index (χ3n) is 2.13. The van der Waals surface area contributed by atoms with Gasteiger partial charge in [0.2, 0.25) is 0 Å². The monoisotopic (exact) mass is 268 g/mol. The van der Waals surface area contributed by atoms with E-state index in [1.807, 2.05) is 0 Å². The average Bonchev–Trinajstić information content (AvgIpc) is 2.04. The van der Waals surface area contributed by atoms with Crippen LogP contribution in [0, 0.1) is 0 Å². The Bertz CT molecular complexity index is 343. The fourth-order valence-electron chi connectivity index (χ4n) is 1.31. The summed E-state index contributed by atoms with van der Waals surface area (Å²) in [5, 5.41) is 1.79. The lowest BCUT2D eigenvalue weighted by atomic mass is 10.1. The minimum Gasteiger partial charge on any atom is -0.444 e. The maximum absolute atomic E-state index is 11.9. The lowest BCUT2D eigenvalue weighted by Gasteiger charge is -2.39. The topological polar surface area (TPSA) is 58.6 Å². The van der Waals surface area contributed by atoms with Gasteiger partial charge in [0.1, 0.15) is 5.60 Å². The van der Waals surface area contributed by atoms with Gasteiger partial charge in [0.15, 0.2) is 0 Å². The van der Waals surface area contributed by atoms with Crippen LogP contribution in [-0.4, -0.2) is 47.8 Å². The first-order chi connectivity index (χ1) is 7.99. The van der Waals surface area contributed by atoms with Crippen LogP contribution >= 0.6 is 0 Å². The molecule has 0 spiro atoms. The number of rotatable bonds is 1. The molecule has 0 aromatic carbocycles. The Kier molecular flexibility index (Phi) is 3.78. The number of nitrogens with zero attached hydrogens (tertiary/aromatic N) is 1. The van der Waals surface area contributed by atoms with Gasteiger partial charge >= 0.3 is 18.2 Å². The highest BCUT2D eigenvalue weighted by Crippen LogP contribution is 2.18. The number of alkyl halides is 3. The first-order valence-electron chi connectivity index (χ1n) is 5.34. The van der Waals surface area contributed by atoms with Crippen molar-refractivity contribution in [3.05, 3.63) is 0 Å². The number of carbonyl (C=O) groups excluding carboxylic acids is 2. The van der Waals surface area contributed by atoms with Gasteiger partial charge in [-0.25, -0.2) is 4.79 Å². The molecule has 5 nitrogen and oxygen atoms in total. The van der Waals surface area contributed by atoms with Gasteiger partial charge in [0.05, 0.1) is 6.04 Å². The quantitative estimate of drug-likeness (QED) is 0.779. The number of amides is 2. The molecule has 0 aliphatic carbocycles. The minimum absolute atomic E-state index is 0.0245. The highest BCUT2D eigenvalue weighted by atomic mass is 19.4. The van der Waals surface area contributed by atoms with Crippen LogP contribution in [0.3, 0.4) is 0 Å². The predicted octanol–water partition coefficient (Wildman–Crippen LogP) is 1.28. The van der Waals surface area contributed by atoms with E-state index in [1.54, 1.807) is 26.1 Å². The highest BCUT2D eigenvalue weighted by Gasteiger charge is 2.43. The molecule has 0 atom stereocenters. The number of carbonyl (C=O) groups is 2. The molecule has 0 saturated carbocycles. The van der Waals surface area contributed by atoms with Crippen molar-refractivity contribution >= 4 is 12.0 Å². The second kappa shape index (κ2) is 4.66. The molecule has 1 heterocycles. The number of likely N-dealkylation sites (tertiary alicyclic amines) is 1. The van der Waals surface area contributed by atoms with Crippen LogP contribution in [-0.2, 0) is 9.53 Å². The molecule has 2 amide bonds. The number of ether oxygens (including phenoxy) is 1. The van der Waals surface area contributed by atoms with Crippen molar-refractivity contribution in [1.29, 1.82) is 0 Å². The van der Waals surface area contributed by atoms with Gasteiger partial charge in [-0.05, 0) is 20.8 Å². The van der Waals surface area contributed by atoms with E-state index in [0.717, 1.165) is 0 Å². The lowest BCUT2D eigenvalue weighted by Crippen LogP contribution is -2.63. The van der Waals surface area contributed by atoms with E-state index in [9.17, 15) is 22.8 Å². The highest BCUT2D eigenvalue weighted by molar-refractivity contribution is 5.82. The van der Waals surface area contributed by atoms with E-state index in [0.29, 0.717) is 0 Å². The van der Waals surface area contributed by atoms with E-state index in [-0.39, 0.29) is 13.1 Å². The number of nitrogens with one attached hydrogen (secondary N) is 1. The van der Waals surface area contributed by atoms with Crippen molar-refractivity contribution in [2.45, 2.75) is 38.6 Å². The van der Waals surface area contributed by atoms with Crippen LogP contribution in [0.25, 0.3) is 0 Å². The van der Waals surface area contributed by atoms with Crippen LogP contribution in [0.5, 0.6) is 0 Å². The van der Waals surface area contributed by atoms with E-state index in [1.165, 1.54) is 4.90 Å². The molecule has 1 aliphatic heterocycles. The Balaban J connectivity index is 2.33. The lowest BCUT2D eigenvalue weighted by molar-refractivity contribution is -0.175. The summed E-state index contributed by atoms with van der Waals surface area (Å²) >= 11 is 0. The average molecular weight is 268 g/mol. The summed E-state index contributed by atoms with van der Waals surface area (Å²) in [7, 11) is 0. The molecule has 1 fully saturated rings. The van der Waals surface area contributed by atoms with Gasteiger partial charge < -0.3 is 15.0 Å². The molecular formula is C10H15F3N2O3. The Labute approximate surface area is 102 Å². The Morgan fingerprint density at radius 3 is 2.11 bits per heavy atom. The first kappa shape index (κ1) is 14.6. The summed E-state index contributed by atoms with van der Waals surface area (Å²) in [6, 6.07) is -0.674. The van der Waals surface area contributed by atoms with Crippen molar-refractivity contribution in [2.24, 2.45) is 0 Å². The van der Waals surface area contributed by atoms with Gasteiger partial charge in [-0.15, -0.1) is 0 Å². The van der Waals surface area contributed by atoms with Gasteiger partial charge in [0, 0.05) is 13.1 Å². The van der Waals surface area contributed by atoms with Crippen LogP contribution in [0.2, 0.25) is 0 Å². The van der Waals surface area contributed by atoms with Crippen LogP contribution in [0.4, 0.5) is 18.0 Å². The third-order valence-corrected chi connectivity index (χ3v) is 2.13. The summed E-state index contributed by atoms with van der Waals surface area (Å²) in [6.07, 6.45) is -5.49. The fraction of sp³-hybridized carbons (Fsp3) is 0.800.